The molecule has 0 aliphatic rings. The van der Waals surface area contributed by atoms with E-state index in [0.29, 0.717) is 11.1 Å². The van der Waals surface area contributed by atoms with Gasteiger partial charge in [-0.05, 0) is 65.9 Å². The first-order valence-electron chi connectivity index (χ1n) is 5.43. The molecule has 0 aliphatic heterocycles. The highest BCUT2D eigenvalue weighted by Gasteiger charge is 2.11. The third kappa shape index (κ3) is 2.81. The maximum absolute atomic E-state index is 12.0. The number of hydrogen-bond acceptors (Lipinski definition) is 2. The molecule has 0 saturated heterocycles. The lowest BCUT2D eigenvalue weighted by Gasteiger charge is -2.08. The number of benzene rings is 2. The van der Waals surface area contributed by atoms with Crippen LogP contribution in [0.25, 0.3) is 0 Å². The lowest BCUT2D eigenvalue weighted by atomic mass is 10.1. The van der Waals surface area contributed by atoms with Gasteiger partial charge in [-0.1, -0.05) is 6.07 Å². The van der Waals surface area contributed by atoms with E-state index in [1.54, 1.807) is 25.1 Å². The van der Waals surface area contributed by atoms with E-state index < -0.39 is 0 Å². The van der Waals surface area contributed by atoms with Crippen molar-refractivity contribution in [1.29, 1.82) is 0 Å². The number of phenols is 1. The summed E-state index contributed by atoms with van der Waals surface area (Å²) in [6.45, 7) is 1.72. The quantitative estimate of drug-likeness (QED) is 0.812. The van der Waals surface area contributed by atoms with Crippen LogP contribution in [-0.4, -0.2) is 11.0 Å². The molecule has 0 bridgehead atoms. The van der Waals surface area contributed by atoms with E-state index in [4.69, 9.17) is 0 Å². The van der Waals surface area contributed by atoms with Crippen LogP contribution in [-0.2, 0) is 0 Å². The van der Waals surface area contributed by atoms with Gasteiger partial charge in [0.15, 0.2) is 0 Å². The molecule has 2 aromatic carbocycles. The molecule has 0 aromatic heterocycles. The molecule has 0 radical (unpaired) electrons. The van der Waals surface area contributed by atoms with Gasteiger partial charge in [0.2, 0.25) is 0 Å². The zero-order valence-electron chi connectivity index (χ0n) is 9.77. The van der Waals surface area contributed by atoms with Crippen LogP contribution < -0.4 is 5.32 Å². The van der Waals surface area contributed by atoms with Gasteiger partial charge in [0.05, 0.1) is 0 Å². The molecule has 1 amide bonds. The molecule has 0 spiro atoms. The summed E-state index contributed by atoms with van der Waals surface area (Å²) in [6.07, 6.45) is 0. The molecule has 0 atom stereocenters. The predicted molar refractivity (Wildman–Crippen MR) is 80.0 cm³/mol. The van der Waals surface area contributed by atoms with Crippen molar-refractivity contribution in [3.8, 4) is 5.75 Å². The Balaban J connectivity index is 2.22. The summed E-state index contributed by atoms with van der Waals surface area (Å²) < 4.78 is 1.11. The number of carbonyl (C=O) groups is 1. The molecule has 2 rings (SSSR count). The summed E-state index contributed by atoms with van der Waals surface area (Å²) >= 11 is 2.21. The lowest BCUT2D eigenvalue weighted by Crippen LogP contribution is -2.13. The van der Waals surface area contributed by atoms with Gasteiger partial charge in [-0.15, -0.1) is 0 Å². The minimum Gasteiger partial charge on any atom is -0.508 e. The number of carbonyl (C=O) groups excluding carboxylic acids is 1. The molecule has 0 aliphatic carbocycles. The van der Waals surface area contributed by atoms with Crippen LogP contribution in [0.1, 0.15) is 15.9 Å². The van der Waals surface area contributed by atoms with Crippen molar-refractivity contribution >= 4 is 34.2 Å². The fourth-order valence-corrected chi connectivity index (χ4v) is 1.96. The van der Waals surface area contributed by atoms with E-state index in [-0.39, 0.29) is 11.7 Å². The van der Waals surface area contributed by atoms with Gasteiger partial charge in [-0.2, -0.15) is 0 Å². The van der Waals surface area contributed by atoms with Crippen molar-refractivity contribution < 1.29 is 9.90 Å². The summed E-state index contributed by atoms with van der Waals surface area (Å²) in [7, 11) is 0. The molecule has 0 unspecified atom stereocenters. The predicted octanol–water partition coefficient (Wildman–Crippen LogP) is 3.56. The van der Waals surface area contributed by atoms with Crippen LogP contribution in [0, 0.1) is 10.5 Å². The molecule has 2 N–H and O–H groups in total. The molecular formula is C14H12INO2. The lowest BCUT2D eigenvalue weighted by molar-refractivity contribution is 0.102. The first-order valence-corrected chi connectivity index (χ1v) is 6.51. The third-order valence-corrected chi connectivity index (χ3v) is 3.37. The summed E-state index contributed by atoms with van der Waals surface area (Å²) in [5.74, 6) is -0.0881. The van der Waals surface area contributed by atoms with Crippen LogP contribution in [0.15, 0.2) is 42.5 Å². The SMILES string of the molecule is Cc1c(O)cccc1C(=O)Nc1ccc(I)cc1. The van der Waals surface area contributed by atoms with E-state index in [9.17, 15) is 9.90 Å². The summed E-state index contributed by atoms with van der Waals surface area (Å²) in [4.78, 5) is 12.0. The highest BCUT2D eigenvalue weighted by molar-refractivity contribution is 14.1. The van der Waals surface area contributed by atoms with Crippen LogP contribution in [0.3, 0.4) is 0 Å². The first-order chi connectivity index (χ1) is 8.58. The highest BCUT2D eigenvalue weighted by Crippen LogP contribution is 2.21. The van der Waals surface area contributed by atoms with Crippen molar-refractivity contribution in [1.82, 2.24) is 0 Å². The molecule has 2 aromatic rings. The second kappa shape index (κ2) is 5.39. The fourth-order valence-electron chi connectivity index (χ4n) is 1.60. The Hall–Kier alpha value is -1.56. The van der Waals surface area contributed by atoms with E-state index >= 15 is 0 Å². The number of hydrogen-bond donors (Lipinski definition) is 2. The number of aromatic hydroxyl groups is 1. The maximum atomic E-state index is 12.0. The van der Waals surface area contributed by atoms with Crippen molar-refractivity contribution in [2.45, 2.75) is 6.92 Å². The van der Waals surface area contributed by atoms with Gasteiger partial charge in [0.1, 0.15) is 5.75 Å². The summed E-state index contributed by atoms with van der Waals surface area (Å²) in [5, 5.41) is 12.4. The van der Waals surface area contributed by atoms with E-state index in [0.717, 1.165) is 9.26 Å². The Morgan fingerprint density at radius 2 is 1.83 bits per heavy atom. The Kier molecular flexibility index (Phi) is 3.86. The first kappa shape index (κ1) is 12.9. The van der Waals surface area contributed by atoms with Gasteiger partial charge in [0.25, 0.3) is 5.91 Å². The van der Waals surface area contributed by atoms with Gasteiger partial charge in [-0.3, -0.25) is 4.79 Å². The van der Waals surface area contributed by atoms with Crippen LogP contribution in [0.4, 0.5) is 5.69 Å². The zero-order chi connectivity index (χ0) is 13.1. The number of phenolic OH excluding ortho intramolecular Hbond substituents is 1. The summed E-state index contributed by atoms with van der Waals surface area (Å²) in [6, 6.07) is 12.5. The summed E-state index contributed by atoms with van der Waals surface area (Å²) in [5.41, 5.74) is 1.80. The average molecular weight is 353 g/mol. The molecule has 18 heavy (non-hydrogen) atoms. The Morgan fingerprint density at radius 1 is 1.17 bits per heavy atom. The topological polar surface area (TPSA) is 49.3 Å². The zero-order valence-corrected chi connectivity index (χ0v) is 11.9. The smallest absolute Gasteiger partial charge is 0.256 e. The van der Waals surface area contributed by atoms with E-state index in [1.807, 2.05) is 24.3 Å². The van der Waals surface area contributed by atoms with Crippen molar-refractivity contribution in [3.63, 3.8) is 0 Å². The van der Waals surface area contributed by atoms with Crippen LogP contribution in [0.2, 0.25) is 0 Å². The molecular weight excluding hydrogens is 341 g/mol. The van der Waals surface area contributed by atoms with Crippen molar-refractivity contribution in [3.05, 3.63) is 57.2 Å². The highest BCUT2D eigenvalue weighted by atomic mass is 127. The number of rotatable bonds is 2. The number of anilines is 1. The number of nitrogens with one attached hydrogen (secondary N) is 1. The third-order valence-electron chi connectivity index (χ3n) is 2.65. The van der Waals surface area contributed by atoms with E-state index in [1.165, 1.54) is 0 Å². The maximum Gasteiger partial charge on any atom is 0.256 e. The van der Waals surface area contributed by atoms with Gasteiger partial charge < -0.3 is 10.4 Å². The second-order valence-corrected chi connectivity index (χ2v) is 5.16. The molecule has 4 heteroatoms. The number of halogens is 1. The van der Waals surface area contributed by atoms with Crippen molar-refractivity contribution in [2.75, 3.05) is 5.32 Å². The Labute approximate surface area is 119 Å². The average Bonchev–Trinajstić information content (AvgIpc) is 2.35. The number of amides is 1. The minimum atomic E-state index is -0.218. The standard InChI is InChI=1S/C14H12INO2/c1-9-12(3-2-4-13(9)17)14(18)16-11-7-5-10(15)6-8-11/h2-8,17H,1H3,(H,16,18). The molecule has 0 heterocycles. The normalized spacial score (nSPS) is 10.1. The van der Waals surface area contributed by atoms with Crippen molar-refractivity contribution in [2.24, 2.45) is 0 Å². The van der Waals surface area contributed by atoms with Crippen LogP contribution in [0.5, 0.6) is 5.75 Å². The van der Waals surface area contributed by atoms with Gasteiger partial charge >= 0.3 is 0 Å². The monoisotopic (exact) mass is 353 g/mol. The van der Waals surface area contributed by atoms with Gasteiger partial charge in [-0.25, -0.2) is 0 Å². The Morgan fingerprint density at radius 3 is 2.50 bits per heavy atom. The molecule has 0 saturated carbocycles. The molecule has 0 fully saturated rings. The Bertz CT molecular complexity index is 579. The molecule has 3 nitrogen and oxygen atoms in total. The molecule has 92 valence electrons. The van der Waals surface area contributed by atoms with Gasteiger partial charge in [0, 0.05) is 20.4 Å². The second-order valence-electron chi connectivity index (χ2n) is 3.91. The fraction of sp³-hybridized carbons (Fsp3) is 0.0714. The van der Waals surface area contributed by atoms with Crippen LogP contribution >= 0.6 is 22.6 Å². The van der Waals surface area contributed by atoms with E-state index in [2.05, 4.69) is 27.9 Å². The largest absolute Gasteiger partial charge is 0.508 e. The minimum absolute atomic E-state index is 0.130.